The summed E-state index contributed by atoms with van der Waals surface area (Å²) in [6.45, 7) is 4.61. The number of nitrogens with one attached hydrogen (secondary N) is 1. The third-order valence-corrected chi connectivity index (χ3v) is 9.15. The number of fused-ring (bicyclic) bond motifs is 2. The van der Waals surface area contributed by atoms with E-state index in [0.29, 0.717) is 42.2 Å². The highest BCUT2D eigenvalue weighted by Crippen LogP contribution is 2.43. The molecule has 1 aliphatic carbocycles. The molecule has 37 heavy (non-hydrogen) atoms. The number of benzene rings is 1. The normalized spacial score (nSPS) is 20.9. The summed E-state index contributed by atoms with van der Waals surface area (Å²) in [7, 11) is 0. The molecule has 4 heterocycles. The Bertz CT molecular complexity index is 1480. The van der Waals surface area contributed by atoms with E-state index in [2.05, 4.69) is 15.3 Å². The summed E-state index contributed by atoms with van der Waals surface area (Å²) in [5.41, 5.74) is 1.79. The van der Waals surface area contributed by atoms with E-state index >= 15 is 0 Å². The molecule has 11 heteroatoms. The number of aryl methyl sites for hydroxylation is 2. The number of carbonyl (C=O) groups excluding carboxylic acids is 2. The molecule has 1 N–H and O–H groups in total. The smallest absolute Gasteiger partial charge is 0.391 e. The van der Waals surface area contributed by atoms with E-state index < -0.39 is 6.09 Å². The van der Waals surface area contributed by atoms with Gasteiger partial charge in [0.2, 0.25) is 5.88 Å². The van der Waals surface area contributed by atoms with Crippen LogP contribution in [0, 0.1) is 31.5 Å². The summed E-state index contributed by atoms with van der Waals surface area (Å²) in [4.78, 5) is 39.0. The highest BCUT2D eigenvalue weighted by atomic mass is 32.1. The Morgan fingerprint density at radius 1 is 1.19 bits per heavy atom. The van der Waals surface area contributed by atoms with Gasteiger partial charge in [0.15, 0.2) is 4.96 Å². The van der Waals surface area contributed by atoms with E-state index in [9.17, 15) is 14.0 Å². The molecule has 8 nitrogen and oxygen atoms in total. The lowest BCUT2D eigenvalue weighted by Gasteiger charge is -2.28. The first-order valence-electron chi connectivity index (χ1n) is 12.3. The molecule has 3 atom stereocenters. The van der Waals surface area contributed by atoms with Crippen molar-refractivity contribution < 1.29 is 18.7 Å². The average Bonchev–Trinajstić information content (AvgIpc) is 3.67. The molecule has 6 rings (SSSR count). The largest absolute Gasteiger partial charge is 0.414 e. The van der Waals surface area contributed by atoms with Crippen LogP contribution in [0.1, 0.15) is 40.5 Å². The summed E-state index contributed by atoms with van der Waals surface area (Å²) in [6.07, 6.45) is 4.47. The molecule has 0 radical (unpaired) electrons. The molecule has 0 spiro atoms. The minimum absolute atomic E-state index is 0.148. The predicted octanol–water partition coefficient (Wildman–Crippen LogP) is 5.30. The number of aromatic nitrogens is 3. The van der Waals surface area contributed by atoms with Crippen molar-refractivity contribution in [2.45, 2.75) is 39.2 Å². The van der Waals surface area contributed by atoms with Gasteiger partial charge in [-0.1, -0.05) is 18.6 Å². The number of likely N-dealkylation sites (tertiary alicyclic amines) is 1. The second kappa shape index (κ2) is 9.53. The molecule has 2 amide bonds. The van der Waals surface area contributed by atoms with Crippen LogP contribution in [0.25, 0.3) is 15.4 Å². The molecule has 1 saturated heterocycles. The SMILES string of the molecule is Cc1nc(C(=O)N2C[C@@H]3CCC[C@@H]3[C@H]2CNC(=O)Oc2c(C)nc3sccn23)c(-c2ccc(F)cc2)s1. The molecule has 3 aromatic heterocycles. The van der Waals surface area contributed by atoms with Crippen molar-refractivity contribution in [1.29, 1.82) is 0 Å². The van der Waals surface area contributed by atoms with Gasteiger partial charge in [-0.2, -0.15) is 0 Å². The molecule has 1 aromatic carbocycles. The number of carbonyl (C=O) groups is 2. The Labute approximate surface area is 221 Å². The maximum atomic E-state index is 13.9. The van der Waals surface area contributed by atoms with E-state index in [-0.39, 0.29) is 17.8 Å². The van der Waals surface area contributed by atoms with E-state index in [1.165, 1.54) is 34.8 Å². The van der Waals surface area contributed by atoms with Crippen LogP contribution in [0.15, 0.2) is 35.8 Å². The highest BCUT2D eigenvalue weighted by Gasteiger charge is 2.47. The minimum atomic E-state index is -0.568. The molecule has 0 bridgehead atoms. The number of thiazole rings is 2. The Hall–Kier alpha value is -3.31. The lowest BCUT2D eigenvalue weighted by molar-refractivity contribution is 0.0706. The van der Waals surface area contributed by atoms with Crippen molar-refractivity contribution in [2.75, 3.05) is 13.1 Å². The van der Waals surface area contributed by atoms with Crippen molar-refractivity contribution in [3.63, 3.8) is 0 Å². The minimum Gasteiger partial charge on any atom is -0.391 e. The van der Waals surface area contributed by atoms with Gasteiger partial charge in [0, 0.05) is 24.7 Å². The molecule has 4 aromatic rings. The number of ether oxygens (including phenoxy) is 1. The molecule has 0 unspecified atom stereocenters. The van der Waals surface area contributed by atoms with Crippen LogP contribution in [-0.2, 0) is 0 Å². The molecule has 2 fully saturated rings. The van der Waals surface area contributed by atoms with Crippen LogP contribution in [0.5, 0.6) is 5.88 Å². The first kappa shape index (κ1) is 24.1. The van der Waals surface area contributed by atoms with Gasteiger partial charge in [-0.05, 0) is 56.2 Å². The van der Waals surface area contributed by atoms with Crippen molar-refractivity contribution in [3.05, 3.63) is 58.1 Å². The van der Waals surface area contributed by atoms with Crippen molar-refractivity contribution >= 4 is 39.6 Å². The van der Waals surface area contributed by atoms with Gasteiger partial charge in [0.25, 0.3) is 5.91 Å². The van der Waals surface area contributed by atoms with E-state index in [1.807, 2.05) is 23.4 Å². The third-order valence-electron chi connectivity index (χ3n) is 7.37. The van der Waals surface area contributed by atoms with Crippen LogP contribution in [0.3, 0.4) is 0 Å². The number of hydrogen-bond donors (Lipinski definition) is 1. The molecular formula is C26H26FN5O3S2. The zero-order valence-electron chi connectivity index (χ0n) is 20.4. The molecule has 1 saturated carbocycles. The Balaban J connectivity index is 1.21. The maximum absolute atomic E-state index is 13.9. The van der Waals surface area contributed by atoms with Crippen molar-refractivity contribution in [1.82, 2.24) is 24.6 Å². The topological polar surface area (TPSA) is 88.8 Å². The average molecular weight is 540 g/mol. The third kappa shape index (κ3) is 4.40. The maximum Gasteiger partial charge on any atom is 0.414 e. The zero-order valence-corrected chi connectivity index (χ0v) is 22.1. The first-order chi connectivity index (χ1) is 17.9. The van der Waals surface area contributed by atoms with Crippen LogP contribution in [0.4, 0.5) is 9.18 Å². The number of rotatable bonds is 5. The van der Waals surface area contributed by atoms with Gasteiger partial charge >= 0.3 is 6.09 Å². The van der Waals surface area contributed by atoms with Crippen LogP contribution < -0.4 is 10.1 Å². The summed E-state index contributed by atoms with van der Waals surface area (Å²) in [6, 6.07) is 5.99. The van der Waals surface area contributed by atoms with Crippen LogP contribution >= 0.6 is 22.7 Å². The highest BCUT2D eigenvalue weighted by molar-refractivity contribution is 7.15. The second-order valence-corrected chi connectivity index (χ2v) is 11.7. The Morgan fingerprint density at radius 3 is 2.81 bits per heavy atom. The molecular weight excluding hydrogens is 513 g/mol. The fourth-order valence-electron chi connectivity index (χ4n) is 5.73. The van der Waals surface area contributed by atoms with Crippen molar-refractivity contribution in [3.8, 4) is 16.3 Å². The van der Waals surface area contributed by atoms with Crippen LogP contribution in [-0.4, -0.2) is 50.4 Å². The van der Waals surface area contributed by atoms with Gasteiger partial charge in [-0.15, -0.1) is 22.7 Å². The van der Waals surface area contributed by atoms with Crippen LogP contribution in [0.2, 0.25) is 0 Å². The van der Waals surface area contributed by atoms with Gasteiger partial charge < -0.3 is 15.0 Å². The predicted molar refractivity (Wildman–Crippen MR) is 140 cm³/mol. The van der Waals surface area contributed by atoms with Gasteiger partial charge in [-0.3, -0.25) is 9.20 Å². The first-order valence-corrected chi connectivity index (χ1v) is 14.0. The zero-order chi connectivity index (χ0) is 25.7. The Kier molecular flexibility index (Phi) is 6.20. The molecule has 2 aliphatic rings. The summed E-state index contributed by atoms with van der Waals surface area (Å²) in [5.74, 6) is 0.648. The number of nitrogens with zero attached hydrogens (tertiary/aromatic N) is 4. The standard InChI is InChI=1S/C26H26FN5O3S2/c1-14-24(31-10-11-36-25(31)29-14)35-26(34)28-12-20-19-5-3-4-17(19)13-32(20)23(33)21-22(37-15(2)30-21)16-6-8-18(27)9-7-16/h6-11,17,19-20H,3-5,12-13H2,1-2H3,(H,28,34)/t17-,19-,20+/m0/s1. The second-order valence-electron chi connectivity index (χ2n) is 9.63. The lowest BCUT2D eigenvalue weighted by atomic mass is 9.94. The monoisotopic (exact) mass is 539 g/mol. The summed E-state index contributed by atoms with van der Waals surface area (Å²) in [5, 5.41) is 5.56. The molecule has 192 valence electrons. The number of hydrogen-bond acceptors (Lipinski definition) is 7. The quantitative estimate of drug-likeness (QED) is 0.372. The fourth-order valence-corrected chi connectivity index (χ4v) is 7.39. The summed E-state index contributed by atoms with van der Waals surface area (Å²) < 4.78 is 20.9. The van der Waals surface area contributed by atoms with Crippen molar-refractivity contribution in [2.24, 2.45) is 11.8 Å². The lowest BCUT2D eigenvalue weighted by Crippen LogP contribution is -2.46. The Morgan fingerprint density at radius 2 is 2.00 bits per heavy atom. The van der Waals surface area contributed by atoms with Gasteiger partial charge in [0.05, 0.1) is 15.9 Å². The number of amides is 2. The van der Waals surface area contributed by atoms with E-state index in [0.717, 1.165) is 39.7 Å². The summed E-state index contributed by atoms with van der Waals surface area (Å²) >= 11 is 2.90. The molecule has 1 aliphatic heterocycles. The number of imidazole rings is 1. The van der Waals surface area contributed by atoms with E-state index in [1.54, 1.807) is 23.5 Å². The van der Waals surface area contributed by atoms with Gasteiger partial charge in [-0.25, -0.2) is 19.2 Å². The number of halogens is 1. The fraction of sp³-hybridized carbons (Fsp3) is 0.385. The van der Waals surface area contributed by atoms with Gasteiger partial charge in [0.1, 0.15) is 17.2 Å². The van der Waals surface area contributed by atoms with E-state index in [4.69, 9.17) is 4.74 Å².